The average Bonchev–Trinajstić information content (AvgIpc) is 2.88. The van der Waals surface area contributed by atoms with E-state index in [1.807, 2.05) is 6.07 Å². The summed E-state index contributed by atoms with van der Waals surface area (Å²) in [7, 11) is 0. The number of halogens is 1. The van der Waals surface area contributed by atoms with E-state index in [0.717, 1.165) is 32.2 Å². The van der Waals surface area contributed by atoms with Crippen LogP contribution in [0.5, 0.6) is 0 Å². The van der Waals surface area contributed by atoms with Gasteiger partial charge in [0.1, 0.15) is 0 Å². The van der Waals surface area contributed by atoms with Gasteiger partial charge in [-0.2, -0.15) is 0 Å². The van der Waals surface area contributed by atoms with E-state index in [4.69, 9.17) is 5.73 Å². The van der Waals surface area contributed by atoms with Crippen molar-refractivity contribution < 1.29 is 4.79 Å². The van der Waals surface area contributed by atoms with Crippen LogP contribution >= 0.6 is 23.7 Å². The molecule has 0 bridgehead atoms. The van der Waals surface area contributed by atoms with Gasteiger partial charge in [-0.05, 0) is 30.7 Å². The quantitative estimate of drug-likeness (QED) is 0.882. The number of thiophene rings is 1. The topological polar surface area (TPSA) is 55.1 Å². The van der Waals surface area contributed by atoms with Gasteiger partial charge in [0.25, 0.3) is 0 Å². The van der Waals surface area contributed by atoms with Crippen LogP contribution in [0, 0.1) is 5.92 Å². The van der Waals surface area contributed by atoms with Crippen LogP contribution in [0.15, 0.2) is 17.5 Å². The Morgan fingerprint density at radius 3 is 2.94 bits per heavy atom. The van der Waals surface area contributed by atoms with E-state index < -0.39 is 0 Å². The van der Waals surface area contributed by atoms with Crippen molar-refractivity contribution in [3.63, 3.8) is 0 Å². The lowest BCUT2D eigenvalue weighted by atomic mass is 10.0. The molecule has 3 nitrogen and oxygen atoms in total. The molecule has 1 fully saturated rings. The van der Waals surface area contributed by atoms with Crippen molar-refractivity contribution in [3.05, 3.63) is 22.4 Å². The highest BCUT2D eigenvalue weighted by atomic mass is 35.5. The molecule has 1 heterocycles. The third kappa shape index (κ3) is 3.98. The molecule has 1 amide bonds. The van der Waals surface area contributed by atoms with E-state index in [9.17, 15) is 4.79 Å². The second kappa shape index (κ2) is 6.99. The smallest absolute Gasteiger partial charge is 0.224 e. The summed E-state index contributed by atoms with van der Waals surface area (Å²) in [6.07, 6.45) is 3.95. The van der Waals surface area contributed by atoms with Crippen LogP contribution in [-0.2, 0) is 11.2 Å². The maximum atomic E-state index is 11.8. The Hall–Kier alpha value is -0.580. The molecular weight excluding hydrogens is 256 g/mol. The molecule has 0 spiro atoms. The second-order valence-electron chi connectivity index (χ2n) is 4.32. The molecule has 0 aliphatic heterocycles. The zero-order valence-corrected chi connectivity index (χ0v) is 11.4. The predicted molar refractivity (Wildman–Crippen MR) is 73.6 cm³/mol. The summed E-state index contributed by atoms with van der Waals surface area (Å²) in [6.45, 7) is 0.725. The molecule has 1 aliphatic carbocycles. The van der Waals surface area contributed by atoms with E-state index in [2.05, 4.69) is 16.8 Å². The van der Waals surface area contributed by atoms with E-state index in [0.29, 0.717) is 0 Å². The summed E-state index contributed by atoms with van der Waals surface area (Å²) in [5.74, 6) is 0.185. The lowest BCUT2D eigenvalue weighted by Gasteiger charge is -2.14. The van der Waals surface area contributed by atoms with E-state index in [1.54, 1.807) is 11.3 Å². The average molecular weight is 275 g/mol. The van der Waals surface area contributed by atoms with E-state index in [1.165, 1.54) is 4.88 Å². The highest BCUT2D eigenvalue weighted by Crippen LogP contribution is 2.23. The standard InChI is InChI=1S/C12H18N2OS.ClH/c13-11-5-1-4-10(11)12(15)14-7-6-9-3-2-8-16-9;/h2-3,8,10-11H,1,4-7,13H2,(H,14,15);1H. The summed E-state index contributed by atoms with van der Waals surface area (Å²) in [5.41, 5.74) is 5.89. The largest absolute Gasteiger partial charge is 0.355 e. The monoisotopic (exact) mass is 274 g/mol. The molecule has 3 N–H and O–H groups in total. The van der Waals surface area contributed by atoms with E-state index >= 15 is 0 Å². The van der Waals surface area contributed by atoms with Gasteiger partial charge < -0.3 is 11.1 Å². The van der Waals surface area contributed by atoms with Gasteiger partial charge in [0, 0.05) is 17.5 Å². The predicted octanol–water partition coefficient (Wildman–Crippen LogP) is 1.96. The van der Waals surface area contributed by atoms with Crippen molar-refractivity contribution in [2.45, 2.75) is 31.7 Å². The first-order chi connectivity index (χ1) is 7.77. The van der Waals surface area contributed by atoms with Gasteiger partial charge in [0.15, 0.2) is 0 Å². The Morgan fingerprint density at radius 1 is 1.53 bits per heavy atom. The van der Waals surface area contributed by atoms with Gasteiger partial charge in [0.05, 0.1) is 5.92 Å². The number of nitrogens with one attached hydrogen (secondary N) is 1. The Bertz CT molecular complexity index is 342. The zero-order chi connectivity index (χ0) is 11.4. The molecule has 1 aliphatic rings. The molecule has 5 heteroatoms. The van der Waals surface area contributed by atoms with Crippen molar-refractivity contribution in [1.82, 2.24) is 5.32 Å². The summed E-state index contributed by atoms with van der Waals surface area (Å²) >= 11 is 1.73. The first kappa shape index (κ1) is 14.5. The number of carbonyl (C=O) groups is 1. The number of rotatable bonds is 4. The van der Waals surface area contributed by atoms with Crippen molar-refractivity contribution >= 4 is 29.7 Å². The number of hydrogen-bond acceptors (Lipinski definition) is 3. The van der Waals surface area contributed by atoms with Crippen molar-refractivity contribution in [2.75, 3.05) is 6.54 Å². The SMILES string of the molecule is Cl.NC1CCCC1C(=O)NCCc1cccs1. The molecule has 17 heavy (non-hydrogen) atoms. The molecular formula is C12H19ClN2OS. The molecule has 0 saturated heterocycles. The summed E-state index contributed by atoms with van der Waals surface area (Å²) < 4.78 is 0. The summed E-state index contributed by atoms with van der Waals surface area (Å²) in [5, 5.41) is 5.04. The molecule has 2 atom stereocenters. The Kier molecular flexibility index (Phi) is 5.95. The maximum Gasteiger partial charge on any atom is 0.224 e. The van der Waals surface area contributed by atoms with Crippen LogP contribution in [-0.4, -0.2) is 18.5 Å². The van der Waals surface area contributed by atoms with Crippen LogP contribution < -0.4 is 11.1 Å². The minimum Gasteiger partial charge on any atom is -0.355 e. The van der Waals surface area contributed by atoms with Gasteiger partial charge in [-0.1, -0.05) is 12.5 Å². The Balaban J connectivity index is 0.00000144. The van der Waals surface area contributed by atoms with Crippen molar-refractivity contribution in [3.8, 4) is 0 Å². The van der Waals surface area contributed by atoms with Gasteiger partial charge >= 0.3 is 0 Å². The van der Waals surface area contributed by atoms with Crippen molar-refractivity contribution in [1.29, 1.82) is 0 Å². The lowest BCUT2D eigenvalue weighted by Crippen LogP contribution is -2.39. The number of hydrogen-bond donors (Lipinski definition) is 2. The second-order valence-corrected chi connectivity index (χ2v) is 5.35. The Morgan fingerprint density at radius 2 is 2.35 bits per heavy atom. The summed E-state index contributed by atoms with van der Waals surface area (Å²) in [6, 6.07) is 4.20. The third-order valence-electron chi connectivity index (χ3n) is 3.16. The molecule has 2 unspecified atom stereocenters. The number of nitrogens with two attached hydrogens (primary N) is 1. The van der Waals surface area contributed by atoms with Crippen molar-refractivity contribution in [2.24, 2.45) is 11.7 Å². The third-order valence-corrected chi connectivity index (χ3v) is 4.09. The highest BCUT2D eigenvalue weighted by Gasteiger charge is 2.29. The van der Waals surface area contributed by atoms with Crippen LogP contribution in [0.1, 0.15) is 24.1 Å². The molecule has 1 aromatic rings. The van der Waals surface area contributed by atoms with Crippen LogP contribution in [0.3, 0.4) is 0 Å². The molecule has 1 saturated carbocycles. The molecule has 2 rings (SSSR count). The normalized spacial score (nSPS) is 23.1. The molecule has 0 radical (unpaired) electrons. The van der Waals surface area contributed by atoms with Gasteiger partial charge in [-0.3, -0.25) is 4.79 Å². The number of amides is 1. The minimum atomic E-state index is 0. The van der Waals surface area contributed by atoms with Crippen LogP contribution in [0.25, 0.3) is 0 Å². The fourth-order valence-corrected chi connectivity index (χ4v) is 2.92. The lowest BCUT2D eigenvalue weighted by molar-refractivity contribution is -0.125. The van der Waals surface area contributed by atoms with E-state index in [-0.39, 0.29) is 30.3 Å². The zero-order valence-electron chi connectivity index (χ0n) is 9.72. The minimum absolute atomic E-state index is 0. The fourth-order valence-electron chi connectivity index (χ4n) is 2.21. The molecule has 1 aromatic heterocycles. The first-order valence-electron chi connectivity index (χ1n) is 5.83. The van der Waals surface area contributed by atoms with Crippen LogP contribution in [0.2, 0.25) is 0 Å². The van der Waals surface area contributed by atoms with Crippen LogP contribution in [0.4, 0.5) is 0 Å². The van der Waals surface area contributed by atoms with Gasteiger partial charge in [-0.15, -0.1) is 23.7 Å². The maximum absolute atomic E-state index is 11.8. The fraction of sp³-hybridized carbons (Fsp3) is 0.583. The Labute approximate surface area is 112 Å². The molecule has 96 valence electrons. The van der Waals surface area contributed by atoms with Gasteiger partial charge in [0.2, 0.25) is 5.91 Å². The van der Waals surface area contributed by atoms with Gasteiger partial charge in [-0.25, -0.2) is 0 Å². The number of carbonyl (C=O) groups excluding carboxylic acids is 1. The first-order valence-corrected chi connectivity index (χ1v) is 6.71. The molecule has 0 aromatic carbocycles. The summed E-state index contributed by atoms with van der Waals surface area (Å²) in [4.78, 5) is 13.1. The highest BCUT2D eigenvalue weighted by molar-refractivity contribution is 7.09.